The summed E-state index contributed by atoms with van der Waals surface area (Å²) < 4.78 is 0. The van der Waals surface area contributed by atoms with Crippen LogP contribution in [0, 0.1) is 6.42 Å². The molecular formula is C25H25ClN3O2. The zero-order valence-electron chi connectivity index (χ0n) is 17.1. The molecule has 1 fully saturated rings. The Labute approximate surface area is 187 Å². The molecular weight excluding hydrogens is 410 g/mol. The summed E-state index contributed by atoms with van der Waals surface area (Å²) in [5.41, 5.74) is 7.72. The maximum Gasteiger partial charge on any atom is 0.241 e. The molecule has 3 aromatic rings. The number of hydrogen-bond acceptors (Lipinski definition) is 3. The average molecular weight is 435 g/mol. The molecule has 1 saturated heterocycles. The van der Waals surface area contributed by atoms with Crippen LogP contribution in [0.3, 0.4) is 0 Å². The highest BCUT2D eigenvalue weighted by Crippen LogP contribution is 2.21. The van der Waals surface area contributed by atoms with Crippen LogP contribution in [0.2, 0.25) is 5.02 Å². The van der Waals surface area contributed by atoms with Crippen molar-refractivity contribution in [3.05, 3.63) is 89.3 Å². The summed E-state index contributed by atoms with van der Waals surface area (Å²) in [5.74, 6) is -0.703. The highest BCUT2D eigenvalue weighted by molar-refractivity contribution is 6.31. The van der Waals surface area contributed by atoms with Gasteiger partial charge in [0.05, 0.1) is 6.42 Å². The van der Waals surface area contributed by atoms with Crippen molar-refractivity contribution in [1.82, 2.24) is 10.2 Å². The molecule has 4 rings (SSSR count). The number of nitrogens with zero attached hydrogens (tertiary/aromatic N) is 1. The summed E-state index contributed by atoms with van der Waals surface area (Å²) >= 11 is 6.20. The number of primary amides is 1. The number of amides is 2. The Morgan fingerprint density at radius 1 is 1.06 bits per heavy atom. The van der Waals surface area contributed by atoms with E-state index in [1.54, 1.807) is 17.4 Å². The molecule has 0 spiro atoms. The van der Waals surface area contributed by atoms with Gasteiger partial charge in [-0.2, -0.15) is 0 Å². The number of halogens is 1. The summed E-state index contributed by atoms with van der Waals surface area (Å²) in [6.07, 6.45) is 2.59. The fourth-order valence-corrected chi connectivity index (χ4v) is 4.43. The van der Waals surface area contributed by atoms with E-state index in [2.05, 4.69) is 35.6 Å². The van der Waals surface area contributed by atoms with Gasteiger partial charge in [-0.05, 0) is 40.8 Å². The first-order valence-electron chi connectivity index (χ1n) is 10.4. The second-order valence-electron chi connectivity index (χ2n) is 7.82. The van der Waals surface area contributed by atoms with Gasteiger partial charge in [0, 0.05) is 24.2 Å². The minimum absolute atomic E-state index is 0.200. The van der Waals surface area contributed by atoms with Gasteiger partial charge in [0.1, 0.15) is 6.04 Å². The topological polar surface area (TPSA) is 75.4 Å². The number of carbonyl (C=O) groups is 2. The third kappa shape index (κ3) is 4.89. The van der Waals surface area contributed by atoms with Gasteiger partial charge in [0.25, 0.3) is 0 Å². The number of nitrogens with one attached hydrogen (secondary N) is 1. The van der Waals surface area contributed by atoms with E-state index >= 15 is 0 Å². The second kappa shape index (κ2) is 9.50. The molecule has 1 radical (unpaired) electrons. The molecule has 3 aromatic carbocycles. The van der Waals surface area contributed by atoms with E-state index in [1.807, 2.05) is 30.3 Å². The number of nitrogens with two attached hydrogens (primary N) is 1. The molecule has 0 aromatic heterocycles. The molecule has 3 N–H and O–H groups in total. The van der Waals surface area contributed by atoms with Crippen molar-refractivity contribution < 1.29 is 9.59 Å². The quantitative estimate of drug-likeness (QED) is 0.625. The molecule has 1 heterocycles. The molecule has 0 bridgehead atoms. The van der Waals surface area contributed by atoms with Crippen LogP contribution in [-0.2, 0) is 22.4 Å². The third-order valence-electron chi connectivity index (χ3n) is 5.77. The van der Waals surface area contributed by atoms with Crippen LogP contribution in [0.5, 0.6) is 0 Å². The van der Waals surface area contributed by atoms with E-state index < -0.39 is 11.9 Å². The van der Waals surface area contributed by atoms with Crippen LogP contribution in [-0.4, -0.2) is 41.9 Å². The number of piperazine rings is 1. The van der Waals surface area contributed by atoms with Gasteiger partial charge in [-0.1, -0.05) is 72.3 Å². The molecule has 6 heteroatoms. The van der Waals surface area contributed by atoms with Gasteiger partial charge in [-0.3, -0.25) is 9.59 Å². The van der Waals surface area contributed by atoms with Gasteiger partial charge in [0.2, 0.25) is 11.8 Å². The van der Waals surface area contributed by atoms with Crippen molar-refractivity contribution in [3.8, 4) is 0 Å². The smallest absolute Gasteiger partial charge is 0.241 e. The maximum atomic E-state index is 13.0. The summed E-state index contributed by atoms with van der Waals surface area (Å²) in [7, 11) is 0. The lowest BCUT2D eigenvalue weighted by Crippen LogP contribution is -2.64. The molecule has 31 heavy (non-hydrogen) atoms. The molecule has 2 atom stereocenters. The fourth-order valence-electron chi connectivity index (χ4n) is 4.22. The standard InChI is InChI=1S/C25H25ClN3O2/c26-21-8-4-3-6-19(21)11-12-23(30)29-14-13-28-22(24(29)25(27)31)16-17-9-10-18-5-1-2-7-20(18)15-17/h1-10,12,15,22,24,28H,11,13-14,16H2,(H2,27,31)/t22-,24-/m1/s1. The zero-order valence-corrected chi connectivity index (χ0v) is 17.9. The molecule has 0 unspecified atom stereocenters. The lowest BCUT2D eigenvalue weighted by atomic mass is 9.93. The highest BCUT2D eigenvalue weighted by atomic mass is 35.5. The molecule has 1 aliphatic rings. The van der Waals surface area contributed by atoms with Gasteiger partial charge < -0.3 is 16.0 Å². The third-order valence-corrected chi connectivity index (χ3v) is 6.14. The summed E-state index contributed by atoms with van der Waals surface area (Å²) in [4.78, 5) is 26.9. The molecule has 159 valence electrons. The summed E-state index contributed by atoms with van der Waals surface area (Å²) in [5, 5.41) is 6.32. The van der Waals surface area contributed by atoms with Gasteiger partial charge in [-0.15, -0.1) is 0 Å². The number of benzene rings is 3. The Kier molecular flexibility index (Phi) is 6.54. The van der Waals surface area contributed by atoms with E-state index in [4.69, 9.17) is 17.3 Å². The Bertz CT molecular complexity index is 1100. The van der Waals surface area contributed by atoms with E-state index in [0.717, 1.165) is 16.5 Å². The monoisotopic (exact) mass is 434 g/mol. The zero-order chi connectivity index (χ0) is 21.8. The average Bonchev–Trinajstić information content (AvgIpc) is 2.78. The first-order chi connectivity index (χ1) is 15.0. The van der Waals surface area contributed by atoms with E-state index in [9.17, 15) is 9.59 Å². The van der Waals surface area contributed by atoms with Gasteiger partial charge in [0.15, 0.2) is 0 Å². The van der Waals surface area contributed by atoms with E-state index in [-0.39, 0.29) is 11.9 Å². The molecule has 0 aliphatic carbocycles. The van der Waals surface area contributed by atoms with Crippen molar-refractivity contribution >= 4 is 34.2 Å². The van der Waals surface area contributed by atoms with Crippen molar-refractivity contribution in [1.29, 1.82) is 0 Å². The van der Waals surface area contributed by atoms with Crippen LogP contribution in [0.25, 0.3) is 10.8 Å². The molecule has 1 aliphatic heterocycles. The van der Waals surface area contributed by atoms with Gasteiger partial charge in [-0.25, -0.2) is 0 Å². The minimum atomic E-state index is -0.713. The lowest BCUT2D eigenvalue weighted by Gasteiger charge is -2.40. The minimum Gasteiger partial charge on any atom is -0.368 e. The number of carbonyl (C=O) groups excluding carboxylic acids is 2. The predicted molar refractivity (Wildman–Crippen MR) is 124 cm³/mol. The lowest BCUT2D eigenvalue weighted by molar-refractivity contribution is -0.139. The van der Waals surface area contributed by atoms with Crippen LogP contribution in [0.1, 0.15) is 11.1 Å². The first-order valence-corrected chi connectivity index (χ1v) is 10.8. The van der Waals surface area contributed by atoms with E-state index in [0.29, 0.717) is 31.0 Å². The van der Waals surface area contributed by atoms with Crippen LogP contribution in [0.4, 0.5) is 0 Å². The molecule has 0 saturated carbocycles. The number of hydrogen-bond donors (Lipinski definition) is 2. The molecule has 2 amide bonds. The highest BCUT2D eigenvalue weighted by Gasteiger charge is 2.37. The Morgan fingerprint density at radius 3 is 2.58 bits per heavy atom. The first kappa shape index (κ1) is 21.3. The van der Waals surface area contributed by atoms with E-state index in [1.165, 1.54) is 5.39 Å². The SMILES string of the molecule is NC(=O)[C@H]1[C@@H](Cc2ccc3ccccc3c2)NCCN1C(=O)[CH]Cc1ccccc1Cl. The van der Waals surface area contributed by atoms with Crippen molar-refractivity contribution in [3.63, 3.8) is 0 Å². The second-order valence-corrected chi connectivity index (χ2v) is 8.23. The Morgan fingerprint density at radius 2 is 1.81 bits per heavy atom. The summed E-state index contributed by atoms with van der Waals surface area (Å²) in [6.45, 7) is 1.04. The number of fused-ring (bicyclic) bond motifs is 1. The largest absolute Gasteiger partial charge is 0.368 e. The van der Waals surface area contributed by atoms with Gasteiger partial charge >= 0.3 is 0 Å². The van der Waals surface area contributed by atoms with Crippen molar-refractivity contribution in [2.24, 2.45) is 5.73 Å². The Balaban J connectivity index is 1.49. The predicted octanol–water partition coefficient (Wildman–Crippen LogP) is 3.14. The van der Waals surface area contributed by atoms with Crippen molar-refractivity contribution in [2.45, 2.75) is 24.9 Å². The normalized spacial score (nSPS) is 18.8. The molecule has 5 nitrogen and oxygen atoms in total. The fraction of sp³-hybridized carbons (Fsp3) is 0.240. The van der Waals surface area contributed by atoms with Crippen LogP contribution >= 0.6 is 11.6 Å². The number of rotatable bonds is 6. The van der Waals surface area contributed by atoms with Crippen LogP contribution in [0.15, 0.2) is 66.7 Å². The summed E-state index contributed by atoms with van der Waals surface area (Å²) in [6, 6.07) is 20.9. The Hall–Kier alpha value is -2.89. The van der Waals surface area contributed by atoms with Crippen LogP contribution < -0.4 is 11.1 Å². The van der Waals surface area contributed by atoms with Crippen molar-refractivity contribution in [2.75, 3.05) is 13.1 Å². The maximum absolute atomic E-state index is 13.0.